The van der Waals surface area contributed by atoms with Gasteiger partial charge in [0.1, 0.15) is 11.5 Å². The Morgan fingerprint density at radius 1 is 1.04 bits per heavy atom. The van der Waals surface area contributed by atoms with Crippen LogP contribution in [-0.2, 0) is 0 Å². The zero-order valence-corrected chi connectivity index (χ0v) is 15.7. The molecule has 5 nitrogen and oxygen atoms in total. The molecule has 5 heteroatoms. The highest BCUT2D eigenvalue weighted by molar-refractivity contribution is 6.04. The molecule has 0 atom stereocenters. The molecule has 134 valence electrons. The van der Waals surface area contributed by atoms with Gasteiger partial charge in [-0.15, -0.1) is 0 Å². The van der Waals surface area contributed by atoms with Gasteiger partial charge in [-0.05, 0) is 44.4 Å². The highest BCUT2D eigenvalue weighted by Crippen LogP contribution is 2.18. The minimum atomic E-state index is -0.121. The average Bonchev–Trinajstić information content (AvgIpc) is 2.62. The van der Waals surface area contributed by atoms with Gasteiger partial charge in [-0.1, -0.05) is 26.0 Å². The van der Waals surface area contributed by atoms with Crippen LogP contribution in [-0.4, -0.2) is 35.5 Å². The second kappa shape index (κ2) is 9.16. The molecular formula is C20H28N4O. The zero-order chi connectivity index (χ0) is 18.2. The summed E-state index contributed by atoms with van der Waals surface area (Å²) in [6, 6.07) is 7.93. The third kappa shape index (κ3) is 4.78. The molecule has 0 fully saturated rings. The van der Waals surface area contributed by atoms with Gasteiger partial charge in [0.05, 0.1) is 12.4 Å². The lowest BCUT2D eigenvalue weighted by Gasteiger charge is -2.23. The summed E-state index contributed by atoms with van der Waals surface area (Å²) in [4.78, 5) is 25.6. The zero-order valence-electron chi connectivity index (χ0n) is 15.7. The first-order valence-electron chi connectivity index (χ1n) is 9.06. The summed E-state index contributed by atoms with van der Waals surface area (Å²) in [7, 11) is 0. The molecule has 0 spiro atoms. The first-order chi connectivity index (χ1) is 12.1. The molecule has 0 saturated heterocycles. The molecule has 1 aromatic heterocycles. The van der Waals surface area contributed by atoms with Crippen molar-refractivity contribution in [3.63, 3.8) is 0 Å². The van der Waals surface area contributed by atoms with Gasteiger partial charge >= 0.3 is 0 Å². The van der Waals surface area contributed by atoms with E-state index in [1.54, 1.807) is 17.3 Å². The van der Waals surface area contributed by atoms with Crippen molar-refractivity contribution in [2.24, 2.45) is 0 Å². The summed E-state index contributed by atoms with van der Waals surface area (Å²) in [5.74, 6) is 0.712. The predicted molar refractivity (Wildman–Crippen MR) is 103 cm³/mol. The van der Waals surface area contributed by atoms with Crippen LogP contribution in [0.3, 0.4) is 0 Å². The molecule has 0 N–H and O–H groups in total. The molecule has 2 rings (SSSR count). The molecule has 1 amide bonds. The smallest absolute Gasteiger partial charge is 0.278 e. The van der Waals surface area contributed by atoms with Crippen molar-refractivity contribution in [1.29, 1.82) is 0 Å². The molecule has 1 aromatic carbocycles. The lowest BCUT2D eigenvalue weighted by molar-refractivity contribution is 0.0983. The monoisotopic (exact) mass is 340 g/mol. The van der Waals surface area contributed by atoms with Gasteiger partial charge in [-0.3, -0.25) is 4.79 Å². The second-order valence-electron chi connectivity index (χ2n) is 6.14. The van der Waals surface area contributed by atoms with Crippen LogP contribution in [0.4, 0.5) is 11.5 Å². The first kappa shape index (κ1) is 18.9. The number of amides is 1. The third-order valence-corrected chi connectivity index (χ3v) is 4.04. The highest BCUT2D eigenvalue weighted by atomic mass is 16.2. The van der Waals surface area contributed by atoms with E-state index < -0.39 is 0 Å². The molecule has 0 unspecified atom stereocenters. The van der Waals surface area contributed by atoms with Crippen LogP contribution in [0.25, 0.3) is 0 Å². The van der Waals surface area contributed by atoms with Crippen LogP contribution >= 0.6 is 0 Å². The number of nitrogens with zero attached hydrogens (tertiary/aromatic N) is 4. The number of hydrogen-bond donors (Lipinski definition) is 0. The number of hydrogen-bond acceptors (Lipinski definition) is 4. The SMILES string of the molecule is CCCN(CCC)c1cnc(C(=O)N(CC)c2cccc(C)c2)cn1. The Bertz CT molecular complexity index is 678. The minimum Gasteiger partial charge on any atom is -0.355 e. The fourth-order valence-electron chi connectivity index (χ4n) is 2.85. The molecule has 25 heavy (non-hydrogen) atoms. The number of anilines is 2. The van der Waals surface area contributed by atoms with E-state index >= 15 is 0 Å². The van der Waals surface area contributed by atoms with Crippen molar-refractivity contribution in [3.8, 4) is 0 Å². The molecule has 0 radical (unpaired) electrons. The average molecular weight is 340 g/mol. The molecule has 0 saturated carbocycles. The molecule has 1 heterocycles. The maximum absolute atomic E-state index is 12.8. The van der Waals surface area contributed by atoms with Crippen LogP contribution < -0.4 is 9.80 Å². The van der Waals surface area contributed by atoms with Gasteiger partial charge in [-0.2, -0.15) is 0 Å². The molecule has 0 bridgehead atoms. The van der Waals surface area contributed by atoms with Crippen molar-refractivity contribution >= 4 is 17.4 Å². The van der Waals surface area contributed by atoms with Crippen molar-refractivity contribution in [3.05, 3.63) is 47.9 Å². The summed E-state index contributed by atoms with van der Waals surface area (Å²) in [6.07, 6.45) is 5.41. The lowest BCUT2D eigenvalue weighted by Crippen LogP contribution is -2.32. The summed E-state index contributed by atoms with van der Waals surface area (Å²) in [5.41, 5.74) is 2.39. The summed E-state index contributed by atoms with van der Waals surface area (Å²) < 4.78 is 0. The fourth-order valence-corrected chi connectivity index (χ4v) is 2.85. The molecule has 0 aliphatic heterocycles. The Balaban J connectivity index is 2.21. The van der Waals surface area contributed by atoms with E-state index in [2.05, 4.69) is 28.7 Å². The van der Waals surface area contributed by atoms with Gasteiger partial charge in [0.15, 0.2) is 0 Å². The van der Waals surface area contributed by atoms with E-state index in [-0.39, 0.29) is 5.91 Å². The maximum Gasteiger partial charge on any atom is 0.278 e. The van der Waals surface area contributed by atoms with Crippen LogP contribution in [0, 0.1) is 6.92 Å². The van der Waals surface area contributed by atoms with Crippen molar-refractivity contribution < 1.29 is 4.79 Å². The Labute approximate surface area is 150 Å². The van der Waals surface area contributed by atoms with E-state index in [9.17, 15) is 4.79 Å². The van der Waals surface area contributed by atoms with Gasteiger partial charge in [0, 0.05) is 25.3 Å². The van der Waals surface area contributed by atoms with E-state index in [0.717, 1.165) is 43.0 Å². The molecule has 2 aromatic rings. The predicted octanol–water partition coefficient (Wildman–Crippen LogP) is 4.08. The number of carbonyl (C=O) groups is 1. The fraction of sp³-hybridized carbons (Fsp3) is 0.450. The number of rotatable bonds is 8. The Hall–Kier alpha value is -2.43. The minimum absolute atomic E-state index is 0.121. The summed E-state index contributed by atoms with van der Waals surface area (Å²) in [6.45, 7) is 10.8. The lowest BCUT2D eigenvalue weighted by atomic mass is 10.2. The van der Waals surface area contributed by atoms with Crippen LogP contribution in [0.15, 0.2) is 36.7 Å². The quantitative estimate of drug-likeness (QED) is 0.726. The van der Waals surface area contributed by atoms with Crippen LogP contribution in [0.2, 0.25) is 0 Å². The van der Waals surface area contributed by atoms with Crippen LogP contribution in [0.5, 0.6) is 0 Å². The van der Waals surface area contributed by atoms with Gasteiger partial charge in [0.25, 0.3) is 5.91 Å². The Morgan fingerprint density at radius 3 is 2.28 bits per heavy atom. The van der Waals surface area contributed by atoms with E-state index in [0.29, 0.717) is 12.2 Å². The second-order valence-corrected chi connectivity index (χ2v) is 6.14. The highest BCUT2D eigenvalue weighted by Gasteiger charge is 2.18. The maximum atomic E-state index is 12.8. The van der Waals surface area contributed by atoms with E-state index in [1.807, 2.05) is 38.1 Å². The number of aromatic nitrogens is 2. The third-order valence-electron chi connectivity index (χ3n) is 4.04. The van der Waals surface area contributed by atoms with E-state index in [4.69, 9.17) is 0 Å². The first-order valence-corrected chi connectivity index (χ1v) is 9.06. The summed E-state index contributed by atoms with van der Waals surface area (Å²) >= 11 is 0. The molecular weight excluding hydrogens is 312 g/mol. The van der Waals surface area contributed by atoms with Crippen molar-refractivity contribution in [2.45, 2.75) is 40.5 Å². The van der Waals surface area contributed by atoms with E-state index in [1.165, 1.54) is 0 Å². The summed E-state index contributed by atoms with van der Waals surface area (Å²) in [5, 5.41) is 0. The molecule has 0 aliphatic carbocycles. The largest absolute Gasteiger partial charge is 0.355 e. The van der Waals surface area contributed by atoms with Crippen LogP contribution in [0.1, 0.15) is 49.7 Å². The van der Waals surface area contributed by atoms with Crippen molar-refractivity contribution in [2.75, 3.05) is 29.4 Å². The van der Waals surface area contributed by atoms with Gasteiger partial charge < -0.3 is 9.80 Å². The number of benzene rings is 1. The molecule has 0 aliphatic rings. The van der Waals surface area contributed by atoms with Gasteiger partial charge in [0.2, 0.25) is 0 Å². The van der Waals surface area contributed by atoms with Crippen molar-refractivity contribution in [1.82, 2.24) is 9.97 Å². The normalized spacial score (nSPS) is 10.6. The number of carbonyl (C=O) groups excluding carboxylic acids is 1. The topological polar surface area (TPSA) is 49.3 Å². The Morgan fingerprint density at radius 2 is 1.76 bits per heavy atom. The number of aryl methyl sites for hydroxylation is 1. The standard InChI is InChI=1S/C20H28N4O/c1-5-11-23(12-6-2)19-15-21-18(14-22-19)20(25)24(7-3)17-10-8-9-16(4)13-17/h8-10,13-15H,5-7,11-12H2,1-4H3. The Kier molecular flexibility index (Phi) is 6.92. The van der Waals surface area contributed by atoms with Gasteiger partial charge in [-0.25, -0.2) is 9.97 Å².